The Morgan fingerprint density at radius 3 is 2.36 bits per heavy atom. The molecule has 0 bridgehead atoms. The minimum absolute atomic E-state index is 0.169. The topological polar surface area (TPSA) is 132 Å². The first-order chi connectivity index (χ1) is 12.9. The lowest BCUT2D eigenvalue weighted by Gasteiger charge is -2.44. The minimum atomic E-state index is -4.11. The molecule has 0 saturated carbocycles. The fourth-order valence-electron chi connectivity index (χ4n) is 3.95. The Balaban J connectivity index is 1.84. The van der Waals surface area contributed by atoms with E-state index in [1.807, 2.05) is 6.07 Å². The van der Waals surface area contributed by atoms with Gasteiger partial charge in [-0.2, -0.15) is 0 Å². The Hall–Kier alpha value is -2.46. The highest BCUT2D eigenvalue weighted by Crippen LogP contribution is 2.49. The number of rotatable bonds is 5. The van der Waals surface area contributed by atoms with Crippen molar-refractivity contribution in [1.82, 2.24) is 9.80 Å². The SMILES string of the molecule is CN(Cc1ccccc1)C(=O)[C@@H](O)[C@@H]1C(=O)N2[C@@H](C(=O)O)C(C)(C)S(=O)(=O)[C@H]12. The molecule has 10 heteroatoms. The lowest BCUT2D eigenvalue weighted by molar-refractivity contribution is -0.173. The van der Waals surface area contributed by atoms with E-state index in [4.69, 9.17) is 0 Å². The van der Waals surface area contributed by atoms with Crippen molar-refractivity contribution in [3.8, 4) is 0 Å². The van der Waals surface area contributed by atoms with Gasteiger partial charge < -0.3 is 20.0 Å². The third-order valence-corrected chi connectivity index (χ3v) is 8.42. The summed E-state index contributed by atoms with van der Waals surface area (Å²) < 4.78 is 24.0. The second-order valence-corrected chi connectivity index (χ2v) is 10.3. The second kappa shape index (κ2) is 6.56. The predicted octanol–water partition coefficient (Wildman–Crippen LogP) is -0.549. The standard InChI is InChI=1S/C18H22N2O7S/c1-18(2)13(17(24)25)20-14(22)11(16(20)28(18,26)27)12(21)15(23)19(3)9-10-7-5-4-6-8-10/h4-8,11-13,16,21H,9H2,1-3H3,(H,24,25)/t11-,12+,13+,16-/m1/s1. The van der Waals surface area contributed by atoms with Crippen LogP contribution in [0.25, 0.3) is 0 Å². The molecule has 0 unspecified atom stereocenters. The summed E-state index contributed by atoms with van der Waals surface area (Å²) in [7, 11) is -2.67. The first kappa shape index (κ1) is 20.3. The Kier molecular flexibility index (Phi) is 4.75. The van der Waals surface area contributed by atoms with Crippen molar-refractivity contribution in [2.24, 2.45) is 5.92 Å². The number of amides is 2. The highest BCUT2D eigenvalue weighted by Gasteiger charge is 2.73. The molecule has 152 valence electrons. The number of fused-ring (bicyclic) bond motifs is 1. The number of aliphatic carboxylic acids is 1. The monoisotopic (exact) mass is 410 g/mol. The molecule has 1 aromatic rings. The smallest absolute Gasteiger partial charge is 0.328 e. The molecule has 1 aromatic carbocycles. The van der Waals surface area contributed by atoms with Gasteiger partial charge in [0.2, 0.25) is 5.91 Å². The van der Waals surface area contributed by atoms with Crippen LogP contribution in [0.1, 0.15) is 19.4 Å². The summed E-state index contributed by atoms with van der Waals surface area (Å²) in [5, 5.41) is 18.4. The maximum absolute atomic E-state index is 12.8. The third-order valence-electron chi connectivity index (χ3n) is 5.57. The van der Waals surface area contributed by atoms with Gasteiger partial charge >= 0.3 is 5.97 Å². The average Bonchev–Trinajstić information content (AvgIpc) is 2.76. The summed E-state index contributed by atoms with van der Waals surface area (Å²) in [6.45, 7) is 2.64. The molecule has 0 radical (unpaired) electrons. The minimum Gasteiger partial charge on any atom is -0.480 e. The summed E-state index contributed by atoms with van der Waals surface area (Å²) in [6, 6.07) is 7.40. The van der Waals surface area contributed by atoms with Crippen LogP contribution in [0.4, 0.5) is 0 Å². The van der Waals surface area contributed by atoms with Gasteiger partial charge in [0.1, 0.15) is 23.4 Å². The van der Waals surface area contributed by atoms with Crippen molar-refractivity contribution in [3.63, 3.8) is 0 Å². The van der Waals surface area contributed by atoms with Crippen LogP contribution in [0.2, 0.25) is 0 Å². The molecule has 2 aliphatic heterocycles. The van der Waals surface area contributed by atoms with Crippen molar-refractivity contribution in [2.45, 2.75) is 42.7 Å². The quantitative estimate of drug-likeness (QED) is 0.623. The molecule has 3 rings (SSSR count). The number of sulfone groups is 1. The van der Waals surface area contributed by atoms with Gasteiger partial charge in [-0.15, -0.1) is 0 Å². The van der Waals surface area contributed by atoms with Gasteiger partial charge in [-0.05, 0) is 19.4 Å². The van der Waals surface area contributed by atoms with Crippen LogP contribution in [0.3, 0.4) is 0 Å². The predicted molar refractivity (Wildman–Crippen MR) is 97.5 cm³/mol. The van der Waals surface area contributed by atoms with Gasteiger partial charge in [0.15, 0.2) is 9.84 Å². The second-order valence-electron chi connectivity index (χ2n) is 7.68. The Labute approximate surface area is 162 Å². The molecule has 0 aliphatic carbocycles. The number of carbonyl (C=O) groups excluding carboxylic acids is 2. The molecule has 0 spiro atoms. The number of aliphatic hydroxyl groups is 1. The fraction of sp³-hybridized carbons (Fsp3) is 0.500. The number of carbonyl (C=O) groups is 3. The zero-order valence-electron chi connectivity index (χ0n) is 15.6. The van der Waals surface area contributed by atoms with Crippen LogP contribution in [0.5, 0.6) is 0 Å². The van der Waals surface area contributed by atoms with Gasteiger partial charge in [-0.1, -0.05) is 30.3 Å². The zero-order chi connectivity index (χ0) is 21.0. The molecule has 2 N–H and O–H groups in total. The molecule has 2 heterocycles. The maximum Gasteiger partial charge on any atom is 0.328 e. The zero-order valence-corrected chi connectivity index (χ0v) is 16.5. The van der Waals surface area contributed by atoms with E-state index in [1.54, 1.807) is 24.3 Å². The number of aliphatic hydroxyl groups excluding tert-OH is 1. The highest BCUT2D eigenvalue weighted by atomic mass is 32.2. The highest BCUT2D eigenvalue weighted by molar-refractivity contribution is 7.93. The van der Waals surface area contributed by atoms with Gasteiger partial charge in [0, 0.05) is 13.6 Å². The number of hydrogen-bond acceptors (Lipinski definition) is 6. The molecule has 4 atom stereocenters. The molecule has 28 heavy (non-hydrogen) atoms. The van der Waals surface area contributed by atoms with Crippen LogP contribution in [-0.2, 0) is 30.8 Å². The number of nitrogens with zero attached hydrogens (tertiary/aromatic N) is 2. The van der Waals surface area contributed by atoms with Crippen molar-refractivity contribution >= 4 is 27.6 Å². The van der Waals surface area contributed by atoms with Crippen LogP contribution in [0.15, 0.2) is 30.3 Å². The van der Waals surface area contributed by atoms with E-state index in [-0.39, 0.29) is 6.54 Å². The Morgan fingerprint density at radius 1 is 1.25 bits per heavy atom. The third kappa shape index (κ3) is 2.70. The van der Waals surface area contributed by atoms with Crippen molar-refractivity contribution in [3.05, 3.63) is 35.9 Å². The summed E-state index contributed by atoms with van der Waals surface area (Å²) in [5.41, 5.74) is 0.799. The number of carboxylic acids is 1. The molecular formula is C18H22N2O7S. The van der Waals surface area contributed by atoms with Gasteiger partial charge in [0.25, 0.3) is 5.91 Å². The fourth-order valence-corrected chi connectivity index (χ4v) is 6.27. The number of likely N-dealkylation sites (N-methyl/N-ethyl adjacent to an activating group) is 1. The number of hydrogen-bond donors (Lipinski definition) is 2. The molecule has 2 fully saturated rings. The van der Waals surface area contributed by atoms with Crippen LogP contribution >= 0.6 is 0 Å². The average molecular weight is 410 g/mol. The van der Waals surface area contributed by atoms with E-state index in [1.165, 1.54) is 25.8 Å². The molecule has 9 nitrogen and oxygen atoms in total. The van der Waals surface area contributed by atoms with Crippen LogP contribution in [-0.4, -0.2) is 75.5 Å². The van der Waals surface area contributed by atoms with Gasteiger partial charge in [0.05, 0.1) is 4.75 Å². The van der Waals surface area contributed by atoms with Crippen molar-refractivity contribution < 1.29 is 33.0 Å². The largest absolute Gasteiger partial charge is 0.480 e. The molecule has 0 aromatic heterocycles. The number of carboxylic acid groups (broad SMARTS) is 1. The van der Waals surface area contributed by atoms with Crippen LogP contribution in [0, 0.1) is 5.92 Å². The number of β-lactam (4-membered cyclic amide) rings is 1. The summed E-state index contributed by atoms with van der Waals surface area (Å²) >= 11 is 0. The van der Waals surface area contributed by atoms with E-state index in [0.717, 1.165) is 10.5 Å². The Morgan fingerprint density at radius 2 is 1.82 bits per heavy atom. The van der Waals surface area contributed by atoms with E-state index < -0.39 is 55.8 Å². The number of benzene rings is 1. The van der Waals surface area contributed by atoms with Crippen molar-refractivity contribution in [2.75, 3.05) is 7.05 Å². The molecule has 2 amide bonds. The normalized spacial score (nSPS) is 28.2. The summed E-state index contributed by atoms with van der Waals surface area (Å²) in [4.78, 5) is 38.7. The summed E-state index contributed by atoms with van der Waals surface area (Å²) in [6.07, 6.45) is -1.87. The lowest BCUT2D eigenvalue weighted by atomic mass is 9.87. The first-order valence-electron chi connectivity index (χ1n) is 8.68. The Bertz CT molecular complexity index is 929. The van der Waals surface area contributed by atoms with E-state index >= 15 is 0 Å². The molecular weight excluding hydrogens is 388 g/mol. The van der Waals surface area contributed by atoms with Crippen molar-refractivity contribution in [1.29, 1.82) is 0 Å². The van der Waals surface area contributed by atoms with E-state index in [9.17, 15) is 33.0 Å². The first-order valence-corrected chi connectivity index (χ1v) is 10.2. The van der Waals surface area contributed by atoms with Gasteiger partial charge in [-0.3, -0.25) is 9.59 Å². The van der Waals surface area contributed by atoms with E-state index in [0.29, 0.717) is 0 Å². The lowest BCUT2D eigenvalue weighted by Crippen LogP contribution is -2.68. The van der Waals surface area contributed by atoms with Gasteiger partial charge in [-0.25, -0.2) is 13.2 Å². The maximum atomic E-state index is 12.8. The van der Waals surface area contributed by atoms with E-state index in [2.05, 4.69) is 0 Å². The molecule has 2 saturated heterocycles. The van der Waals surface area contributed by atoms with Crippen LogP contribution < -0.4 is 0 Å². The molecule has 2 aliphatic rings. The summed E-state index contributed by atoms with van der Waals surface area (Å²) in [5.74, 6) is -4.60.